The van der Waals surface area contributed by atoms with Gasteiger partial charge in [0.1, 0.15) is 5.82 Å². The Morgan fingerprint density at radius 3 is 2.38 bits per heavy atom. The van der Waals surface area contributed by atoms with Crippen molar-refractivity contribution in [2.24, 2.45) is 0 Å². The van der Waals surface area contributed by atoms with Gasteiger partial charge in [-0.2, -0.15) is 0 Å². The van der Waals surface area contributed by atoms with Crippen molar-refractivity contribution in [2.75, 3.05) is 6.54 Å². The quantitative estimate of drug-likeness (QED) is 0.315. The molecule has 0 spiro atoms. The molecule has 1 aliphatic rings. The molecule has 7 nitrogen and oxygen atoms in total. The second kappa shape index (κ2) is 11.1. The van der Waals surface area contributed by atoms with Crippen LogP contribution in [-0.4, -0.2) is 33.2 Å². The number of hydrogen-bond donors (Lipinski definition) is 1. The summed E-state index contributed by atoms with van der Waals surface area (Å²) in [6, 6.07) is 22.4. The molecule has 3 aromatic carbocycles. The normalized spacial score (nSPS) is 14.6. The minimum absolute atomic E-state index is 0.0914. The summed E-state index contributed by atoms with van der Waals surface area (Å²) >= 11 is 6.12. The molecule has 2 heterocycles. The lowest BCUT2D eigenvalue weighted by atomic mass is 9.99. The molecule has 0 saturated heterocycles. The second-order valence-electron chi connectivity index (χ2n) is 9.28. The fourth-order valence-corrected chi connectivity index (χ4v) is 4.62. The maximum Gasteiger partial charge on any atom is 0.414 e. The number of ether oxygens (including phenoxy) is 1. The number of halogens is 2. The molecular weight excluding hydrogens is 519 g/mol. The average molecular weight is 545 g/mol. The van der Waals surface area contributed by atoms with Gasteiger partial charge in [0.2, 0.25) is 11.8 Å². The van der Waals surface area contributed by atoms with Gasteiger partial charge in [-0.1, -0.05) is 54.1 Å². The fraction of sp³-hybridized carbons (Fsp3) is 0.167. The molecule has 1 aromatic heterocycles. The number of nitrogens with zero attached hydrogens (tertiary/aromatic N) is 3. The molecule has 0 fully saturated rings. The number of carbonyl (C=O) groups excluding carboxylic acids is 2. The van der Waals surface area contributed by atoms with Gasteiger partial charge in [-0.3, -0.25) is 4.79 Å². The monoisotopic (exact) mass is 544 g/mol. The summed E-state index contributed by atoms with van der Waals surface area (Å²) in [7, 11) is 0. The molecule has 198 valence electrons. The minimum Gasteiger partial charge on any atom is -0.389 e. The molecule has 4 aromatic rings. The van der Waals surface area contributed by atoms with Crippen LogP contribution in [0.15, 0.2) is 78.9 Å². The van der Waals surface area contributed by atoms with Crippen LogP contribution in [0, 0.1) is 5.82 Å². The average Bonchev–Trinajstić information content (AvgIpc) is 3.29. The van der Waals surface area contributed by atoms with E-state index in [1.165, 1.54) is 19.1 Å². The summed E-state index contributed by atoms with van der Waals surface area (Å²) in [5.74, 6) is -0.392. The molecule has 5 rings (SSSR count). The van der Waals surface area contributed by atoms with E-state index in [0.29, 0.717) is 28.5 Å². The van der Waals surface area contributed by atoms with E-state index in [-0.39, 0.29) is 30.2 Å². The van der Waals surface area contributed by atoms with Crippen molar-refractivity contribution in [1.82, 2.24) is 20.0 Å². The first-order valence-corrected chi connectivity index (χ1v) is 12.8. The van der Waals surface area contributed by atoms with Crippen LogP contribution in [0.25, 0.3) is 17.3 Å². The standard InChI is InChI=1S/C30H26ClFN4O3/c1-19(22-6-4-3-5-7-22)33-30(38)39-29-27-18-35(20(2)37)17-23(16-21-8-12-25(32)13-9-21)28(27)36(34-29)26-14-10-24(31)11-15-26/h3-16,19H,17-18H2,1-2H3,(H,33,38)/b23-16+/t19-/m1/s1. The van der Waals surface area contributed by atoms with Crippen molar-refractivity contribution >= 4 is 35.3 Å². The zero-order valence-electron chi connectivity index (χ0n) is 21.4. The molecule has 0 aliphatic carbocycles. The van der Waals surface area contributed by atoms with Crippen LogP contribution in [0.4, 0.5) is 9.18 Å². The Morgan fingerprint density at radius 2 is 1.72 bits per heavy atom. The van der Waals surface area contributed by atoms with Crippen LogP contribution >= 0.6 is 11.6 Å². The highest BCUT2D eigenvalue weighted by Gasteiger charge is 2.32. The van der Waals surface area contributed by atoms with Crippen molar-refractivity contribution in [2.45, 2.75) is 26.4 Å². The largest absolute Gasteiger partial charge is 0.414 e. The second-order valence-corrected chi connectivity index (χ2v) is 9.72. The number of hydrogen-bond acceptors (Lipinski definition) is 4. The minimum atomic E-state index is -0.668. The number of fused-ring (bicyclic) bond motifs is 1. The van der Waals surface area contributed by atoms with Gasteiger partial charge in [0.25, 0.3) is 0 Å². The van der Waals surface area contributed by atoms with Gasteiger partial charge in [0.05, 0.1) is 29.5 Å². The third-order valence-corrected chi connectivity index (χ3v) is 6.76. The highest BCUT2D eigenvalue weighted by Crippen LogP contribution is 2.37. The summed E-state index contributed by atoms with van der Waals surface area (Å²) in [6.07, 6.45) is 1.21. The highest BCUT2D eigenvalue weighted by molar-refractivity contribution is 6.30. The van der Waals surface area contributed by atoms with E-state index in [1.807, 2.05) is 55.5 Å². The van der Waals surface area contributed by atoms with Gasteiger partial charge < -0.3 is 15.0 Å². The fourth-order valence-electron chi connectivity index (χ4n) is 4.50. The van der Waals surface area contributed by atoms with E-state index in [4.69, 9.17) is 16.3 Å². The van der Waals surface area contributed by atoms with Crippen molar-refractivity contribution in [3.8, 4) is 11.6 Å². The number of aromatic nitrogens is 2. The summed E-state index contributed by atoms with van der Waals surface area (Å²) < 4.78 is 21.0. The highest BCUT2D eigenvalue weighted by atomic mass is 35.5. The first-order valence-electron chi connectivity index (χ1n) is 12.4. The lowest BCUT2D eigenvalue weighted by molar-refractivity contribution is -0.128. The number of carbonyl (C=O) groups is 2. The van der Waals surface area contributed by atoms with Gasteiger partial charge in [-0.15, -0.1) is 5.10 Å². The van der Waals surface area contributed by atoms with Gasteiger partial charge in [-0.25, -0.2) is 13.9 Å². The number of nitrogens with one attached hydrogen (secondary N) is 1. The van der Waals surface area contributed by atoms with Crippen LogP contribution in [-0.2, 0) is 11.3 Å². The topological polar surface area (TPSA) is 76.5 Å². The summed E-state index contributed by atoms with van der Waals surface area (Å²) in [5.41, 5.74) is 4.41. The van der Waals surface area contributed by atoms with Crippen LogP contribution in [0.3, 0.4) is 0 Å². The first kappa shape index (κ1) is 26.2. The van der Waals surface area contributed by atoms with Crippen molar-refractivity contribution in [3.63, 3.8) is 0 Å². The molecule has 0 radical (unpaired) electrons. The van der Waals surface area contributed by atoms with E-state index in [9.17, 15) is 14.0 Å². The molecule has 0 bridgehead atoms. The SMILES string of the molecule is CC(=O)N1C/C(=C\c2ccc(F)cc2)c2c(c(OC(=O)N[C@H](C)c3ccccc3)nn2-c2ccc(Cl)cc2)C1. The lowest BCUT2D eigenvalue weighted by Gasteiger charge is -2.29. The molecule has 2 amide bonds. The van der Waals surface area contributed by atoms with E-state index in [0.717, 1.165) is 16.7 Å². The Morgan fingerprint density at radius 1 is 1.03 bits per heavy atom. The maximum absolute atomic E-state index is 13.6. The van der Waals surface area contributed by atoms with E-state index in [2.05, 4.69) is 10.4 Å². The van der Waals surface area contributed by atoms with Crippen LogP contribution in [0.2, 0.25) is 5.02 Å². The van der Waals surface area contributed by atoms with Gasteiger partial charge >= 0.3 is 6.09 Å². The summed E-state index contributed by atoms with van der Waals surface area (Å²) in [6.45, 7) is 3.85. The van der Waals surface area contributed by atoms with E-state index >= 15 is 0 Å². The van der Waals surface area contributed by atoms with Crippen molar-refractivity contribution in [1.29, 1.82) is 0 Å². The van der Waals surface area contributed by atoms with Crippen molar-refractivity contribution < 1.29 is 18.7 Å². The molecular formula is C30H26ClFN4O3. The molecule has 0 saturated carbocycles. The lowest BCUT2D eigenvalue weighted by Crippen LogP contribution is -2.34. The van der Waals surface area contributed by atoms with Gasteiger partial charge in [-0.05, 0) is 66.1 Å². The number of rotatable bonds is 5. The molecule has 0 unspecified atom stereocenters. The van der Waals surface area contributed by atoms with Gasteiger partial charge in [0, 0.05) is 18.5 Å². The third kappa shape index (κ3) is 5.86. The first-order chi connectivity index (χ1) is 18.8. The molecule has 9 heteroatoms. The van der Waals surface area contributed by atoms with Crippen molar-refractivity contribution in [3.05, 3.63) is 112 Å². The Labute approximate surface area is 230 Å². The van der Waals surface area contributed by atoms with Crippen LogP contribution in [0.1, 0.15) is 42.3 Å². The van der Waals surface area contributed by atoms with Crippen LogP contribution < -0.4 is 10.1 Å². The Bertz CT molecular complexity index is 1530. The van der Waals surface area contributed by atoms with E-state index in [1.54, 1.807) is 33.8 Å². The number of benzene rings is 3. The molecule has 1 N–H and O–H groups in total. The predicted octanol–water partition coefficient (Wildman–Crippen LogP) is 6.42. The third-order valence-electron chi connectivity index (χ3n) is 6.51. The maximum atomic E-state index is 13.6. The molecule has 39 heavy (non-hydrogen) atoms. The molecule has 1 atom stereocenters. The van der Waals surface area contributed by atoms with E-state index < -0.39 is 6.09 Å². The predicted molar refractivity (Wildman–Crippen MR) is 148 cm³/mol. The zero-order chi connectivity index (χ0) is 27.5. The Kier molecular flexibility index (Phi) is 7.47. The summed E-state index contributed by atoms with van der Waals surface area (Å²) in [4.78, 5) is 27.1. The Balaban J connectivity index is 1.57. The summed E-state index contributed by atoms with van der Waals surface area (Å²) in [5, 5.41) is 8.07. The number of amides is 2. The van der Waals surface area contributed by atoms with Gasteiger partial charge in [0.15, 0.2) is 0 Å². The Hall–Kier alpha value is -4.43. The molecule has 1 aliphatic heterocycles. The smallest absolute Gasteiger partial charge is 0.389 e. The van der Waals surface area contributed by atoms with Crippen LogP contribution in [0.5, 0.6) is 5.88 Å². The zero-order valence-corrected chi connectivity index (χ0v) is 22.2.